The number of hydrogen-bond acceptors (Lipinski definition) is 5. The van der Waals surface area contributed by atoms with E-state index in [4.69, 9.17) is 9.15 Å². The molecule has 2 aromatic rings. The van der Waals surface area contributed by atoms with E-state index in [2.05, 4.69) is 25.7 Å². The highest BCUT2D eigenvalue weighted by atomic mass is 16.5. The van der Waals surface area contributed by atoms with Crippen molar-refractivity contribution in [3.8, 4) is 5.75 Å². The van der Waals surface area contributed by atoms with Gasteiger partial charge in [-0.25, -0.2) is 4.79 Å². The van der Waals surface area contributed by atoms with E-state index in [9.17, 15) is 9.59 Å². The summed E-state index contributed by atoms with van der Waals surface area (Å²) in [6.07, 6.45) is 3.73. The minimum Gasteiger partial charge on any atom is -0.494 e. The molecule has 1 amide bonds. The van der Waals surface area contributed by atoms with Crippen LogP contribution in [0.3, 0.4) is 0 Å². The number of likely N-dealkylation sites (tertiary alicyclic amines) is 1. The number of ether oxygens (including phenoxy) is 1. The summed E-state index contributed by atoms with van der Waals surface area (Å²) >= 11 is 0. The molecule has 3 heterocycles. The Hall–Kier alpha value is -2.34. The zero-order chi connectivity index (χ0) is 21.3. The zero-order valence-corrected chi connectivity index (χ0v) is 18.3. The summed E-state index contributed by atoms with van der Waals surface area (Å²) in [5, 5.41) is 0.871. The molecule has 1 aromatic heterocycles. The molecule has 0 N–H and O–H groups in total. The first-order valence-corrected chi connectivity index (χ1v) is 11.2. The van der Waals surface area contributed by atoms with Crippen LogP contribution < -0.4 is 15.3 Å². The van der Waals surface area contributed by atoms with Crippen molar-refractivity contribution in [1.29, 1.82) is 0 Å². The molecule has 6 heteroatoms. The Morgan fingerprint density at radius 3 is 2.73 bits per heavy atom. The van der Waals surface area contributed by atoms with Crippen LogP contribution in [0.2, 0.25) is 0 Å². The zero-order valence-electron chi connectivity index (χ0n) is 18.3. The second kappa shape index (κ2) is 8.80. The number of aryl methyl sites for hydroxylation is 1. The first-order valence-electron chi connectivity index (χ1n) is 11.2. The number of carbonyl (C=O) groups is 1. The van der Waals surface area contributed by atoms with E-state index in [1.807, 2.05) is 12.1 Å². The molecule has 0 radical (unpaired) electrons. The summed E-state index contributed by atoms with van der Waals surface area (Å²) < 4.78 is 11.4. The predicted octanol–water partition coefficient (Wildman–Crippen LogP) is 3.84. The predicted molar refractivity (Wildman–Crippen MR) is 118 cm³/mol. The molecule has 4 rings (SSSR count). The molecule has 2 aliphatic rings. The lowest BCUT2D eigenvalue weighted by Crippen LogP contribution is -2.48. The maximum Gasteiger partial charge on any atom is 0.360 e. The molecule has 0 unspecified atom stereocenters. The normalized spacial score (nSPS) is 22.2. The Bertz CT molecular complexity index is 973. The first-order chi connectivity index (χ1) is 14.5. The van der Waals surface area contributed by atoms with Crippen molar-refractivity contribution >= 4 is 22.6 Å². The summed E-state index contributed by atoms with van der Waals surface area (Å²) in [6.45, 7) is 9.96. The average Bonchev–Trinajstić information content (AvgIpc) is 2.71. The summed E-state index contributed by atoms with van der Waals surface area (Å²) in [6, 6.07) is 5.56. The lowest BCUT2D eigenvalue weighted by molar-refractivity contribution is -0.120. The molecule has 6 nitrogen and oxygen atoms in total. The third kappa shape index (κ3) is 4.24. The molecule has 1 aromatic carbocycles. The molecule has 0 bridgehead atoms. The maximum atomic E-state index is 13.2. The third-order valence-electron chi connectivity index (χ3n) is 6.11. The fraction of sp³-hybridized carbons (Fsp3) is 0.583. The fourth-order valence-electron chi connectivity index (χ4n) is 5.04. The smallest absolute Gasteiger partial charge is 0.360 e. The molecular formula is C24H32N2O4. The van der Waals surface area contributed by atoms with Gasteiger partial charge in [0.05, 0.1) is 13.2 Å². The number of hydrogen-bond donors (Lipinski definition) is 0. The lowest BCUT2D eigenvalue weighted by Gasteiger charge is -2.36. The van der Waals surface area contributed by atoms with Crippen molar-refractivity contribution in [3.63, 3.8) is 0 Å². The highest BCUT2D eigenvalue weighted by Crippen LogP contribution is 2.33. The Kier molecular flexibility index (Phi) is 6.14. The molecule has 1 fully saturated rings. The fourth-order valence-corrected chi connectivity index (χ4v) is 5.04. The van der Waals surface area contributed by atoms with Crippen LogP contribution in [-0.4, -0.2) is 43.6 Å². The van der Waals surface area contributed by atoms with Gasteiger partial charge in [0.1, 0.15) is 17.0 Å². The Morgan fingerprint density at radius 2 is 2.00 bits per heavy atom. The van der Waals surface area contributed by atoms with Gasteiger partial charge in [0, 0.05) is 25.0 Å². The highest BCUT2D eigenvalue weighted by Gasteiger charge is 2.31. The second-order valence-corrected chi connectivity index (χ2v) is 9.01. The molecule has 1 saturated heterocycles. The summed E-state index contributed by atoms with van der Waals surface area (Å²) in [4.78, 5) is 29.9. The molecule has 0 spiro atoms. The van der Waals surface area contributed by atoms with Crippen LogP contribution in [0.4, 0.5) is 5.69 Å². The number of carbonyl (C=O) groups excluding carboxylic acids is 1. The van der Waals surface area contributed by atoms with Crippen LogP contribution in [0.15, 0.2) is 27.4 Å². The summed E-state index contributed by atoms with van der Waals surface area (Å²) in [5.74, 6) is 1.93. The lowest BCUT2D eigenvalue weighted by atomic mass is 9.92. The maximum absolute atomic E-state index is 13.2. The van der Waals surface area contributed by atoms with Crippen LogP contribution in [0, 0.1) is 11.8 Å². The third-order valence-corrected chi connectivity index (χ3v) is 6.11. The van der Waals surface area contributed by atoms with E-state index < -0.39 is 5.63 Å². The Morgan fingerprint density at radius 1 is 1.23 bits per heavy atom. The van der Waals surface area contributed by atoms with Crippen molar-refractivity contribution < 1.29 is 13.9 Å². The van der Waals surface area contributed by atoms with Gasteiger partial charge in [-0.05, 0) is 61.3 Å². The number of piperidine rings is 1. The molecule has 162 valence electrons. The number of amides is 1. The van der Waals surface area contributed by atoms with Crippen molar-refractivity contribution in [2.75, 3.05) is 37.7 Å². The van der Waals surface area contributed by atoms with Crippen molar-refractivity contribution in [2.45, 2.75) is 46.5 Å². The van der Waals surface area contributed by atoms with Crippen molar-refractivity contribution in [1.82, 2.24) is 4.90 Å². The minimum atomic E-state index is -0.423. The van der Waals surface area contributed by atoms with E-state index in [1.165, 1.54) is 6.42 Å². The largest absolute Gasteiger partial charge is 0.494 e. The van der Waals surface area contributed by atoms with Gasteiger partial charge in [-0.2, -0.15) is 0 Å². The number of benzene rings is 1. The quantitative estimate of drug-likeness (QED) is 0.698. The monoisotopic (exact) mass is 412 g/mol. The van der Waals surface area contributed by atoms with Gasteiger partial charge in [-0.3, -0.25) is 9.69 Å². The SMILES string of the molecule is CCCOc1ccc2oc(=O)c3c(c2c1)CCCN3C(=O)CN1C[C@H](C)C[C@H](C)C1. The van der Waals surface area contributed by atoms with E-state index in [0.29, 0.717) is 42.8 Å². The van der Waals surface area contributed by atoms with Crippen LogP contribution in [0.1, 0.15) is 45.6 Å². The molecule has 2 atom stereocenters. The van der Waals surface area contributed by atoms with Gasteiger partial charge >= 0.3 is 5.63 Å². The topological polar surface area (TPSA) is 63.0 Å². The van der Waals surface area contributed by atoms with E-state index >= 15 is 0 Å². The average molecular weight is 413 g/mol. The summed E-state index contributed by atoms with van der Waals surface area (Å²) in [5.41, 5.74) is 1.46. The van der Waals surface area contributed by atoms with Crippen LogP contribution >= 0.6 is 0 Å². The number of anilines is 1. The van der Waals surface area contributed by atoms with Crippen LogP contribution in [-0.2, 0) is 11.2 Å². The van der Waals surface area contributed by atoms with Gasteiger partial charge in [0.25, 0.3) is 0 Å². The molecule has 30 heavy (non-hydrogen) atoms. The number of nitrogens with zero attached hydrogens (tertiary/aromatic N) is 2. The van der Waals surface area contributed by atoms with E-state index in [-0.39, 0.29) is 5.91 Å². The molecule has 0 saturated carbocycles. The van der Waals surface area contributed by atoms with Gasteiger partial charge < -0.3 is 14.1 Å². The Labute approximate surface area is 177 Å². The molecular weight excluding hydrogens is 380 g/mol. The highest BCUT2D eigenvalue weighted by molar-refractivity contribution is 5.98. The minimum absolute atomic E-state index is 0.0118. The molecule has 2 aliphatic heterocycles. The van der Waals surface area contributed by atoms with Crippen LogP contribution in [0.25, 0.3) is 11.0 Å². The van der Waals surface area contributed by atoms with Crippen LogP contribution in [0.5, 0.6) is 5.75 Å². The van der Waals surface area contributed by atoms with Gasteiger partial charge in [0.2, 0.25) is 5.91 Å². The molecule has 0 aliphatic carbocycles. The van der Waals surface area contributed by atoms with Crippen molar-refractivity contribution in [2.24, 2.45) is 11.8 Å². The number of fused-ring (bicyclic) bond motifs is 3. The first kappa shape index (κ1) is 20.9. The van der Waals surface area contributed by atoms with Gasteiger partial charge in [-0.1, -0.05) is 20.8 Å². The van der Waals surface area contributed by atoms with E-state index in [0.717, 1.165) is 49.1 Å². The second-order valence-electron chi connectivity index (χ2n) is 9.01. The number of rotatable bonds is 5. The Balaban J connectivity index is 1.64. The van der Waals surface area contributed by atoms with Gasteiger partial charge in [-0.15, -0.1) is 0 Å². The van der Waals surface area contributed by atoms with Crippen molar-refractivity contribution in [3.05, 3.63) is 34.2 Å². The standard InChI is InChI=1S/C24H32N2O4/c1-4-10-29-18-7-8-21-20(12-18)19-6-5-9-26(23(19)24(28)30-21)22(27)15-25-13-16(2)11-17(3)14-25/h7-8,12,16-17H,4-6,9-11,13-15H2,1-3H3/t16-,17+. The van der Waals surface area contributed by atoms with Gasteiger partial charge in [0.15, 0.2) is 0 Å². The summed E-state index contributed by atoms with van der Waals surface area (Å²) in [7, 11) is 0. The van der Waals surface area contributed by atoms with E-state index in [1.54, 1.807) is 11.0 Å².